The van der Waals surface area contributed by atoms with E-state index < -0.39 is 5.91 Å². The van der Waals surface area contributed by atoms with Crippen LogP contribution in [0.15, 0.2) is 36.4 Å². The minimum Gasteiger partial charge on any atom is -0.378 e. The Bertz CT molecular complexity index is 807. The summed E-state index contributed by atoms with van der Waals surface area (Å²) >= 11 is 11.8. The van der Waals surface area contributed by atoms with Crippen LogP contribution < -0.4 is 5.32 Å². The summed E-state index contributed by atoms with van der Waals surface area (Å²) in [7, 11) is 0. The standard InChI is InChI=1S/C17H15Cl2N3O3/c18-13-4-5-14(19)21-15(13)16(23)20-12-3-1-2-11(10-12)17(24)22-6-8-25-9-7-22/h1-5,10H,6-9H2,(H,20,23). The summed E-state index contributed by atoms with van der Waals surface area (Å²) in [4.78, 5) is 30.5. The minimum atomic E-state index is -0.497. The van der Waals surface area contributed by atoms with Crippen molar-refractivity contribution in [2.75, 3.05) is 31.6 Å². The van der Waals surface area contributed by atoms with Gasteiger partial charge in [0.15, 0.2) is 0 Å². The number of anilines is 1. The number of carbonyl (C=O) groups is 2. The van der Waals surface area contributed by atoms with Crippen molar-refractivity contribution < 1.29 is 14.3 Å². The van der Waals surface area contributed by atoms with Crippen LogP contribution in [0.4, 0.5) is 5.69 Å². The molecule has 0 bridgehead atoms. The van der Waals surface area contributed by atoms with Crippen molar-refractivity contribution in [2.24, 2.45) is 0 Å². The Morgan fingerprint density at radius 3 is 2.64 bits per heavy atom. The molecule has 1 fully saturated rings. The number of benzene rings is 1. The van der Waals surface area contributed by atoms with E-state index in [1.54, 1.807) is 29.2 Å². The number of pyridine rings is 1. The second kappa shape index (κ2) is 7.82. The number of nitrogens with one attached hydrogen (secondary N) is 1. The molecule has 1 aromatic heterocycles. The molecule has 2 amide bonds. The normalized spacial score (nSPS) is 14.2. The summed E-state index contributed by atoms with van der Waals surface area (Å²) in [6, 6.07) is 9.72. The van der Waals surface area contributed by atoms with E-state index in [0.717, 1.165) is 0 Å². The Morgan fingerprint density at radius 2 is 1.88 bits per heavy atom. The van der Waals surface area contributed by atoms with Gasteiger partial charge in [0.25, 0.3) is 11.8 Å². The number of hydrogen-bond acceptors (Lipinski definition) is 4. The van der Waals surface area contributed by atoms with Gasteiger partial charge < -0.3 is 15.0 Å². The summed E-state index contributed by atoms with van der Waals surface area (Å²) in [6.45, 7) is 2.16. The second-order valence-electron chi connectivity index (χ2n) is 5.40. The highest BCUT2D eigenvalue weighted by Crippen LogP contribution is 2.19. The fourth-order valence-corrected chi connectivity index (χ4v) is 2.79. The molecule has 0 aliphatic carbocycles. The van der Waals surface area contributed by atoms with Gasteiger partial charge >= 0.3 is 0 Å². The summed E-state index contributed by atoms with van der Waals surface area (Å²) < 4.78 is 5.25. The van der Waals surface area contributed by atoms with Crippen LogP contribution in [-0.4, -0.2) is 48.0 Å². The fraction of sp³-hybridized carbons (Fsp3) is 0.235. The van der Waals surface area contributed by atoms with E-state index in [9.17, 15) is 9.59 Å². The number of halogens is 2. The number of hydrogen-bond donors (Lipinski definition) is 1. The lowest BCUT2D eigenvalue weighted by atomic mass is 10.1. The monoisotopic (exact) mass is 379 g/mol. The van der Waals surface area contributed by atoms with Crippen LogP contribution in [0.5, 0.6) is 0 Å². The SMILES string of the molecule is O=C(Nc1cccc(C(=O)N2CCOCC2)c1)c1nc(Cl)ccc1Cl. The zero-order valence-electron chi connectivity index (χ0n) is 13.2. The predicted octanol–water partition coefficient (Wildman–Crippen LogP) is 3.11. The first kappa shape index (κ1) is 17.7. The van der Waals surface area contributed by atoms with Crippen LogP contribution in [-0.2, 0) is 4.74 Å². The molecule has 130 valence electrons. The summed E-state index contributed by atoms with van der Waals surface area (Å²) in [5, 5.41) is 3.05. The van der Waals surface area contributed by atoms with E-state index in [2.05, 4.69) is 10.3 Å². The third-order valence-electron chi connectivity index (χ3n) is 3.69. The van der Waals surface area contributed by atoms with Gasteiger partial charge in [-0.3, -0.25) is 9.59 Å². The van der Waals surface area contributed by atoms with Gasteiger partial charge in [-0.05, 0) is 30.3 Å². The van der Waals surface area contributed by atoms with Gasteiger partial charge in [-0.2, -0.15) is 0 Å². The molecule has 2 aromatic rings. The van der Waals surface area contributed by atoms with Crippen molar-refractivity contribution in [3.63, 3.8) is 0 Å². The summed E-state index contributed by atoms with van der Waals surface area (Å²) in [5.41, 5.74) is 0.992. The molecular weight excluding hydrogens is 365 g/mol. The van der Waals surface area contributed by atoms with E-state index in [4.69, 9.17) is 27.9 Å². The van der Waals surface area contributed by atoms with Crippen molar-refractivity contribution in [1.82, 2.24) is 9.88 Å². The van der Waals surface area contributed by atoms with Crippen LogP contribution in [0, 0.1) is 0 Å². The molecule has 1 aliphatic heterocycles. The summed E-state index contributed by atoms with van der Waals surface area (Å²) in [6.07, 6.45) is 0. The predicted molar refractivity (Wildman–Crippen MR) is 95.4 cm³/mol. The van der Waals surface area contributed by atoms with Gasteiger partial charge in [-0.1, -0.05) is 29.3 Å². The van der Waals surface area contributed by atoms with Gasteiger partial charge in [-0.25, -0.2) is 4.98 Å². The van der Waals surface area contributed by atoms with Crippen molar-refractivity contribution >= 4 is 40.7 Å². The lowest BCUT2D eigenvalue weighted by Crippen LogP contribution is -2.40. The molecule has 1 aliphatic rings. The molecule has 0 saturated carbocycles. The Hall–Kier alpha value is -2.15. The maximum atomic E-state index is 12.5. The van der Waals surface area contributed by atoms with Crippen molar-refractivity contribution in [1.29, 1.82) is 0 Å². The molecule has 3 rings (SSSR count). The van der Waals surface area contributed by atoms with E-state index in [1.165, 1.54) is 12.1 Å². The van der Waals surface area contributed by atoms with E-state index in [1.807, 2.05) is 0 Å². The number of nitrogens with zero attached hydrogens (tertiary/aromatic N) is 2. The molecule has 0 radical (unpaired) electrons. The van der Waals surface area contributed by atoms with Gasteiger partial charge in [0.05, 0.1) is 18.2 Å². The van der Waals surface area contributed by atoms with Gasteiger partial charge in [-0.15, -0.1) is 0 Å². The number of morpholine rings is 1. The van der Waals surface area contributed by atoms with E-state index in [-0.39, 0.29) is 21.8 Å². The smallest absolute Gasteiger partial charge is 0.275 e. The number of ether oxygens (including phenoxy) is 1. The van der Waals surface area contributed by atoms with E-state index >= 15 is 0 Å². The highest BCUT2D eigenvalue weighted by Gasteiger charge is 2.19. The molecule has 25 heavy (non-hydrogen) atoms. The first-order valence-electron chi connectivity index (χ1n) is 7.65. The van der Waals surface area contributed by atoms with Crippen LogP contribution in [0.3, 0.4) is 0 Å². The average Bonchev–Trinajstić information content (AvgIpc) is 2.64. The molecule has 0 spiro atoms. The largest absolute Gasteiger partial charge is 0.378 e. The molecule has 1 saturated heterocycles. The van der Waals surface area contributed by atoms with Crippen molar-refractivity contribution in [3.8, 4) is 0 Å². The van der Waals surface area contributed by atoms with Crippen LogP contribution >= 0.6 is 23.2 Å². The lowest BCUT2D eigenvalue weighted by molar-refractivity contribution is 0.0303. The third-order valence-corrected chi connectivity index (χ3v) is 4.21. The molecule has 0 unspecified atom stereocenters. The first-order valence-corrected chi connectivity index (χ1v) is 8.40. The maximum absolute atomic E-state index is 12.5. The number of carbonyl (C=O) groups excluding carboxylic acids is 2. The number of aromatic nitrogens is 1. The Morgan fingerprint density at radius 1 is 1.12 bits per heavy atom. The molecule has 0 atom stereocenters. The average molecular weight is 380 g/mol. The highest BCUT2D eigenvalue weighted by molar-refractivity contribution is 6.35. The Kier molecular flexibility index (Phi) is 5.53. The molecule has 2 heterocycles. The van der Waals surface area contributed by atoms with Crippen molar-refractivity contribution in [3.05, 3.63) is 57.8 Å². The molecule has 1 N–H and O–H groups in total. The topological polar surface area (TPSA) is 71.5 Å². The van der Waals surface area contributed by atoms with Crippen LogP contribution in [0.2, 0.25) is 10.2 Å². The molecule has 8 heteroatoms. The highest BCUT2D eigenvalue weighted by atomic mass is 35.5. The molecule has 6 nitrogen and oxygen atoms in total. The Labute approximate surface area is 154 Å². The first-order chi connectivity index (χ1) is 12.0. The van der Waals surface area contributed by atoms with E-state index in [0.29, 0.717) is 37.6 Å². The maximum Gasteiger partial charge on any atom is 0.275 e. The second-order valence-corrected chi connectivity index (χ2v) is 6.20. The van der Waals surface area contributed by atoms with Gasteiger partial charge in [0.2, 0.25) is 0 Å². The van der Waals surface area contributed by atoms with Crippen molar-refractivity contribution in [2.45, 2.75) is 0 Å². The third kappa shape index (κ3) is 4.28. The number of amides is 2. The minimum absolute atomic E-state index is 0.0269. The van der Waals surface area contributed by atoms with Crippen LogP contribution in [0.1, 0.15) is 20.8 Å². The molecule has 1 aromatic carbocycles. The zero-order chi connectivity index (χ0) is 17.8. The zero-order valence-corrected chi connectivity index (χ0v) is 14.7. The number of rotatable bonds is 3. The fourth-order valence-electron chi connectivity index (χ4n) is 2.45. The van der Waals surface area contributed by atoms with Gasteiger partial charge in [0.1, 0.15) is 10.8 Å². The lowest BCUT2D eigenvalue weighted by Gasteiger charge is -2.27. The molecular formula is C17H15Cl2N3O3. The quantitative estimate of drug-likeness (QED) is 0.831. The van der Waals surface area contributed by atoms with Gasteiger partial charge in [0, 0.05) is 24.3 Å². The summed E-state index contributed by atoms with van der Waals surface area (Å²) in [5.74, 6) is -0.596. The Balaban J connectivity index is 1.76. The van der Waals surface area contributed by atoms with Crippen LogP contribution in [0.25, 0.3) is 0 Å².